The van der Waals surface area contributed by atoms with Crippen LogP contribution in [0.25, 0.3) is 0 Å². The molecule has 0 aliphatic heterocycles. The largest absolute Gasteiger partial charge is 0.374 e. The Labute approximate surface area is 138 Å². The molecule has 120 valence electrons. The molecule has 3 rings (SSSR count). The van der Waals surface area contributed by atoms with Crippen LogP contribution in [0.3, 0.4) is 0 Å². The van der Waals surface area contributed by atoms with Gasteiger partial charge in [-0.1, -0.05) is 36.4 Å². The van der Waals surface area contributed by atoms with Crippen LogP contribution in [-0.2, 0) is 11.2 Å². The van der Waals surface area contributed by atoms with Gasteiger partial charge in [0.25, 0.3) is 0 Å². The molecule has 0 saturated carbocycles. The van der Waals surface area contributed by atoms with E-state index in [-0.39, 0.29) is 18.0 Å². The first kappa shape index (κ1) is 15.6. The summed E-state index contributed by atoms with van der Waals surface area (Å²) >= 11 is 0. The van der Waals surface area contributed by atoms with E-state index in [1.807, 2.05) is 19.1 Å². The Morgan fingerprint density at radius 2 is 2.00 bits per heavy atom. The van der Waals surface area contributed by atoms with E-state index in [1.165, 1.54) is 16.7 Å². The minimum atomic E-state index is -0.258. The topological polar surface area (TPSA) is 41.1 Å². The summed E-state index contributed by atoms with van der Waals surface area (Å²) in [6.45, 7) is 3.96. The van der Waals surface area contributed by atoms with Gasteiger partial charge in [-0.3, -0.25) is 4.79 Å². The summed E-state index contributed by atoms with van der Waals surface area (Å²) in [6, 6.07) is 16.4. The second-order valence-corrected chi connectivity index (χ2v) is 6.39. The molecule has 0 heterocycles. The Bertz CT molecular complexity index is 696. The lowest BCUT2D eigenvalue weighted by Crippen LogP contribution is -2.40. The fourth-order valence-corrected chi connectivity index (χ4v) is 3.25. The van der Waals surface area contributed by atoms with Gasteiger partial charge in [0.05, 0.1) is 6.04 Å². The van der Waals surface area contributed by atoms with Crippen molar-refractivity contribution in [2.75, 3.05) is 5.32 Å². The molecule has 2 unspecified atom stereocenters. The Balaban J connectivity index is 1.65. The molecule has 0 fully saturated rings. The van der Waals surface area contributed by atoms with Gasteiger partial charge in [-0.25, -0.2) is 0 Å². The predicted molar refractivity (Wildman–Crippen MR) is 94.5 cm³/mol. The first-order valence-electron chi connectivity index (χ1n) is 8.35. The lowest BCUT2D eigenvalue weighted by atomic mass is 9.87. The molecule has 2 N–H and O–H groups in total. The van der Waals surface area contributed by atoms with Gasteiger partial charge in [-0.2, -0.15) is 0 Å². The van der Waals surface area contributed by atoms with Gasteiger partial charge in [0.1, 0.15) is 6.04 Å². The van der Waals surface area contributed by atoms with Gasteiger partial charge >= 0.3 is 0 Å². The SMILES string of the molecule is Cc1cccc(NC(C)C(=O)NC2CCCc3ccccc32)c1. The number of carbonyl (C=O) groups excluding carboxylic acids is 1. The van der Waals surface area contributed by atoms with Crippen LogP contribution in [0, 0.1) is 6.92 Å². The number of anilines is 1. The summed E-state index contributed by atoms with van der Waals surface area (Å²) in [5.41, 5.74) is 4.80. The molecule has 0 radical (unpaired) electrons. The number of rotatable bonds is 4. The number of hydrogen-bond acceptors (Lipinski definition) is 2. The fourth-order valence-electron chi connectivity index (χ4n) is 3.25. The van der Waals surface area contributed by atoms with Crippen LogP contribution in [0.4, 0.5) is 5.69 Å². The average molecular weight is 308 g/mol. The van der Waals surface area contributed by atoms with E-state index >= 15 is 0 Å². The molecule has 2 atom stereocenters. The van der Waals surface area contributed by atoms with Crippen LogP contribution < -0.4 is 10.6 Å². The van der Waals surface area contributed by atoms with Crippen molar-refractivity contribution >= 4 is 11.6 Å². The molecular weight excluding hydrogens is 284 g/mol. The maximum absolute atomic E-state index is 12.5. The Kier molecular flexibility index (Phi) is 4.65. The van der Waals surface area contributed by atoms with E-state index < -0.39 is 0 Å². The highest BCUT2D eigenvalue weighted by molar-refractivity contribution is 5.84. The van der Waals surface area contributed by atoms with Gasteiger partial charge in [0.2, 0.25) is 5.91 Å². The first-order valence-corrected chi connectivity index (χ1v) is 8.35. The maximum atomic E-state index is 12.5. The Morgan fingerprint density at radius 1 is 1.17 bits per heavy atom. The lowest BCUT2D eigenvalue weighted by Gasteiger charge is -2.28. The van der Waals surface area contributed by atoms with Crippen molar-refractivity contribution in [2.24, 2.45) is 0 Å². The number of nitrogens with one attached hydrogen (secondary N) is 2. The summed E-state index contributed by atoms with van der Waals surface area (Å²) in [7, 11) is 0. The van der Waals surface area contributed by atoms with Crippen molar-refractivity contribution in [1.82, 2.24) is 5.32 Å². The summed E-state index contributed by atoms with van der Waals surface area (Å²) in [4.78, 5) is 12.5. The molecule has 0 bridgehead atoms. The molecule has 23 heavy (non-hydrogen) atoms. The van der Waals surface area contributed by atoms with E-state index in [0.717, 1.165) is 24.9 Å². The molecule has 2 aromatic carbocycles. The van der Waals surface area contributed by atoms with Crippen LogP contribution in [0.5, 0.6) is 0 Å². The maximum Gasteiger partial charge on any atom is 0.242 e. The van der Waals surface area contributed by atoms with Crippen LogP contribution >= 0.6 is 0 Å². The van der Waals surface area contributed by atoms with Crippen molar-refractivity contribution in [3.8, 4) is 0 Å². The molecule has 0 spiro atoms. The van der Waals surface area contributed by atoms with Crippen molar-refractivity contribution < 1.29 is 4.79 Å². The van der Waals surface area contributed by atoms with Crippen molar-refractivity contribution in [3.63, 3.8) is 0 Å². The highest BCUT2D eigenvalue weighted by atomic mass is 16.2. The van der Waals surface area contributed by atoms with E-state index in [4.69, 9.17) is 0 Å². The molecule has 3 heteroatoms. The molecule has 0 aromatic heterocycles. The quantitative estimate of drug-likeness (QED) is 0.896. The van der Waals surface area contributed by atoms with E-state index in [2.05, 4.69) is 54.0 Å². The number of hydrogen-bond donors (Lipinski definition) is 2. The normalized spacial score (nSPS) is 17.9. The second-order valence-electron chi connectivity index (χ2n) is 6.39. The number of benzene rings is 2. The minimum absolute atomic E-state index is 0.0493. The third-order valence-electron chi connectivity index (χ3n) is 4.48. The number of amides is 1. The third-order valence-corrected chi connectivity index (χ3v) is 4.48. The molecule has 1 aliphatic rings. The predicted octanol–water partition coefficient (Wildman–Crippen LogP) is 3.99. The highest BCUT2D eigenvalue weighted by Gasteiger charge is 2.23. The fraction of sp³-hybridized carbons (Fsp3) is 0.350. The molecule has 1 aliphatic carbocycles. The van der Waals surface area contributed by atoms with Crippen molar-refractivity contribution in [1.29, 1.82) is 0 Å². The monoisotopic (exact) mass is 308 g/mol. The average Bonchev–Trinajstić information content (AvgIpc) is 2.55. The van der Waals surface area contributed by atoms with Crippen LogP contribution in [-0.4, -0.2) is 11.9 Å². The number of fused-ring (bicyclic) bond motifs is 1. The van der Waals surface area contributed by atoms with E-state index in [9.17, 15) is 4.79 Å². The molecule has 0 saturated heterocycles. The molecule has 3 nitrogen and oxygen atoms in total. The van der Waals surface area contributed by atoms with Gasteiger partial charge in [0.15, 0.2) is 0 Å². The van der Waals surface area contributed by atoms with Gasteiger partial charge in [-0.15, -0.1) is 0 Å². The standard InChI is InChI=1S/C20H24N2O/c1-14-7-5-10-17(13-14)21-15(2)20(23)22-19-12-6-9-16-8-3-4-11-18(16)19/h3-5,7-8,10-11,13,15,19,21H,6,9,12H2,1-2H3,(H,22,23). The van der Waals surface area contributed by atoms with E-state index in [1.54, 1.807) is 0 Å². The van der Waals surface area contributed by atoms with Crippen molar-refractivity contribution in [2.45, 2.75) is 45.2 Å². The third kappa shape index (κ3) is 3.73. The lowest BCUT2D eigenvalue weighted by molar-refractivity contribution is -0.122. The Morgan fingerprint density at radius 3 is 2.83 bits per heavy atom. The smallest absolute Gasteiger partial charge is 0.242 e. The zero-order valence-electron chi connectivity index (χ0n) is 13.8. The van der Waals surface area contributed by atoms with Crippen LogP contribution in [0.2, 0.25) is 0 Å². The van der Waals surface area contributed by atoms with E-state index in [0.29, 0.717) is 0 Å². The number of carbonyl (C=O) groups is 1. The molecule has 1 amide bonds. The highest BCUT2D eigenvalue weighted by Crippen LogP contribution is 2.29. The van der Waals surface area contributed by atoms with Crippen LogP contribution in [0.1, 0.15) is 42.5 Å². The molecular formula is C20H24N2O. The number of aryl methyl sites for hydroxylation is 2. The van der Waals surface area contributed by atoms with Crippen molar-refractivity contribution in [3.05, 3.63) is 65.2 Å². The summed E-state index contributed by atoms with van der Waals surface area (Å²) in [6.07, 6.45) is 3.25. The summed E-state index contributed by atoms with van der Waals surface area (Å²) < 4.78 is 0. The van der Waals surface area contributed by atoms with Gasteiger partial charge in [0, 0.05) is 5.69 Å². The van der Waals surface area contributed by atoms with Gasteiger partial charge < -0.3 is 10.6 Å². The van der Waals surface area contributed by atoms with Crippen LogP contribution in [0.15, 0.2) is 48.5 Å². The zero-order chi connectivity index (χ0) is 16.2. The zero-order valence-corrected chi connectivity index (χ0v) is 13.8. The van der Waals surface area contributed by atoms with Gasteiger partial charge in [-0.05, 0) is 61.9 Å². The summed E-state index contributed by atoms with van der Waals surface area (Å²) in [5.74, 6) is 0.0493. The Hall–Kier alpha value is -2.29. The summed E-state index contributed by atoms with van der Waals surface area (Å²) in [5, 5.41) is 6.49. The molecule has 2 aromatic rings. The second kappa shape index (κ2) is 6.86. The first-order chi connectivity index (χ1) is 11.1. The minimum Gasteiger partial charge on any atom is -0.374 e.